The predicted molar refractivity (Wildman–Crippen MR) is 88.3 cm³/mol. The van der Waals surface area contributed by atoms with Crippen LogP contribution in [-0.4, -0.2) is 32.8 Å². The number of amides is 1. The zero-order valence-corrected chi connectivity index (χ0v) is 15.0. The highest BCUT2D eigenvalue weighted by molar-refractivity contribution is 5.92. The third kappa shape index (κ3) is 3.81. The second-order valence-electron chi connectivity index (χ2n) is 7.28. The number of rotatable bonds is 4. The van der Waals surface area contributed by atoms with Crippen LogP contribution in [0, 0.1) is 6.92 Å². The van der Waals surface area contributed by atoms with Crippen LogP contribution in [0.15, 0.2) is 16.7 Å². The lowest BCUT2D eigenvalue weighted by molar-refractivity contribution is 0.0774. The molecule has 2 aromatic heterocycles. The largest absolute Gasteiger partial charge is 0.361 e. The van der Waals surface area contributed by atoms with Crippen molar-refractivity contribution in [2.24, 2.45) is 0 Å². The SMILES string of the molecule is Cc1cc(CN(C)C(=O)c2cc(C(C)C)n(C(C)(C)C)n2)no1. The van der Waals surface area contributed by atoms with Crippen molar-refractivity contribution in [3.05, 3.63) is 35.0 Å². The summed E-state index contributed by atoms with van der Waals surface area (Å²) in [5.41, 5.74) is 2.09. The summed E-state index contributed by atoms with van der Waals surface area (Å²) in [7, 11) is 1.75. The smallest absolute Gasteiger partial charge is 0.274 e. The summed E-state index contributed by atoms with van der Waals surface area (Å²) < 4.78 is 6.99. The maximum atomic E-state index is 12.7. The molecular weight excluding hydrogens is 292 g/mol. The molecular formula is C17H26N4O2. The van der Waals surface area contributed by atoms with Crippen molar-refractivity contribution in [2.75, 3.05) is 7.05 Å². The van der Waals surface area contributed by atoms with Crippen molar-refractivity contribution in [1.29, 1.82) is 0 Å². The normalized spacial score (nSPS) is 12.0. The monoisotopic (exact) mass is 318 g/mol. The Morgan fingerprint density at radius 3 is 2.43 bits per heavy atom. The lowest BCUT2D eigenvalue weighted by Gasteiger charge is -2.23. The van der Waals surface area contributed by atoms with E-state index in [1.54, 1.807) is 11.9 Å². The first-order valence-electron chi connectivity index (χ1n) is 7.87. The second kappa shape index (κ2) is 6.18. The number of hydrogen-bond donors (Lipinski definition) is 0. The lowest BCUT2D eigenvalue weighted by atomic mass is 10.1. The average molecular weight is 318 g/mol. The van der Waals surface area contributed by atoms with Gasteiger partial charge in [-0.25, -0.2) is 0 Å². The molecule has 2 heterocycles. The van der Waals surface area contributed by atoms with Gasteiger partial charge in [-0.15, -0.1) is 0 Å². The Morgan fingerprint density at radius 1 is 1.35 bits per heavy atom. The van der Waals surface area contributed by atoms with Crippen molar-refractivity contribution in [2.45, 2.75) is 59.5 Å². The Bertz CT molecular complexity index is 692. The number of aryl methyl sites for hydroxylation is 1. The van der Waals surface area contributed by atoms with Gasteiger partial charge >= 0.3 is 0 Å². The Labute approximate surface area is 137 Å². The van der Waals surface area contributed by atoms with E-state index in [1.807, 2.05) is 23.7 Å². The summed E-state index contributed by atoms with van der Waals surface area (Å²) in [6.45, 7) is 12.7. The molecule has 6 nitrogen and oxygen atoms in total. The summed E-state index contributed by atoms with van der Waals surface area (Å²) in [5, 5.41) is 8.48. The summed E-state index contributed by atoms with van der Waals surface area (Å²) in [4.78, 5) is 14.3. The summed E-state index contributed by atoms with van der Waals surface area (Å²) in [5.74, 6) is 0.919. The molecule has 0 aliphatic heterocycles. The summed E-state index contributed by atoms with van der Waals surface area (Å²) in [6.07, 6.45) is 0. The van der Waals surface area contributed by atoms with Crippen molar-refractivity contribution >= 4 is 5.91 Å². The quantitative estimate of drug-likeness (QED) is 0.867. The van der Waals surface area contributed by atoms with Crippen molar-refractivity contribution in [1.82, 2.24) is 19.8 Å². The molecule has 2 rings (SSSR count). The molecule has 0 spiro atoms. The molecule has 2 aromatic rings. The molecule has 0 bridgehead atoms. The van der Waals surface area contributed by atoms with Crippen LogP contribution in [-0.2, 0) is 12.1 Å². The van der Waals surface area contributed by atoms with E-state index >= 15 is 0 Å². The number of hydrogen-bond acceptors (Lipinski definition) is 4. The number of nitrogens with zero attached hydrogens (tertiary/aromatic N) is 4. The molecule has 0 N–H and O–H groups in total. The molecule has 0 aromatic carbocycles. The highest BCUT2D eigenvalue weighted by Crippen LogP contribution is 2.24. The number of carbonyl (C=O) groups is 1. The van der Waals surface area contributed by atoms with E-state index in [0.29, 0.717) is 18.2 Å². The Kier molecular flexibility index (Phi) is 4.63. The first-order valence-corrected chi connectivity index (χ1v) is 7.87. The minimum atomic E-state index is -0.167. The molecule has 0 aliphatic carbocycles. The Morgan fingerprint density at radius 2 is 2.00 bits per heavy atom. The lowest BCUT2D eigenvalue weighted by Crippen LogP contribution is -2.29. The highest BCUT2D eigenvalue weighted by atomic mass is 16.5. The fourth-order valence-corrected chi connectivity index (χ4v) is 2.45. The second-order valence-corrected chi connectivity index (χ2v) is 7.28. The van der Waals surface area contributed by atoms with E-state index in [0.717, 1.165) is 17.1 Å². The van der Waals surface area contributed by atoms with Crippen LogP contribution in [0.1, 0.15) is 68.2 Å². The third-order valence-corrected chi connectivity index (χ3v) is 3.61. The molecule has 1 amide bonds. The minimum Gasteiger partial charge on any atom is -0.361 e. The van der Waals surface area contributed by atoms with Crippen LogP contribution < -0.4 is 0 Å². The molecule has 0 saturated heterocycles. The standard InChI is InChI=1S/C17H26N4O2/c1-11(2)15-9-14(18-21(15)17(4,5)6)16(22)20(7)10-13-8-12(3)23-19-13/h8-9,11H,10H2,1-7H3. The van der Waals surface area contributed by atoms with Gasteiger partial charge < -0.3 is 9.42 Å². The maximum Gasteiger partial charge on any atom is 0.274 e. The number of carbonyl (C=O) groups excluding carboxylic acids is 1. The third-order valence-electron chi connectivity index (χ3n) is 3.61. The van der Waals surface area contributed by atoms with Gasteiger partial charge in [0, 0.05) is 18.8 Å². The molecule has 0 atom stereocenters. The molecule has 0 saturated carbocycles. The van der Waals surface area contributed by atoms with E-state index in [2.05, 4.69) is 44.9 Å². The zero-order chi connectivity index (χ0) is 17.4. The molecule has 126 valence electrons. The van der Waals surface area contributed by atoms with Crippen molar-refractivity contribution in [3.63, 3.8) is 0 Å². The van der Waals surface area contributed by atoms with Crippen molar-refractivity contribution < 1.29 is 9.32 Å². The van der Waals surface area contributed by atoms with Crippen LogP contribution >= 0.6 is 0 Å². The van der Waals surface area contributed by atoms with Crippen LogP contribution in [0.4, 0.5) is 0 Å². The van der Waals surface area contributed by atoms with E-state index in [1.165, 1.54) is 0 Å². The van der Waals surface area contributed by atoms with Gasteiger partial charge in [-0.2, -0.15) is 5.10 Å². The molecule has 0 fully saturated rings. The van der Waals surface area contributed by atoms with Gasteiger partial charge in [0.15, 0.2) is 5.69 Å². The van der Waals surface area contributed by atoms with Gasteiger partial charge in [-0.3, -0.25) is 9.48 Å². The Hall–Kier alpha value is -2.11. The summed E-state index contributed by atoms with van der Waals surface area (Å²) in [6, 6.07) is 3.72. The first-order chi connectivity index (χ1) is 10.6. The minimum absolute atomic E-state index is 0.115. The molecule has 0 aliphatic rings. The van der Waals surface area contributed by atoms with Gasteiger partial charge in [0.2, 0.25) is 0 Å². The van der Waals surface area contributed by atoms with Gasteiger partial charge in [0.25, 0.3) is 5.91 Å². The van der Waals surface area contributed by atoms with Crippen molar-refractivity contribution in [3.8, 4) is 0 Å². The van der Waals surface area contributed by atoms with Gasteiger partial charge in [-0.1, -0.05) is 19.0 Å². The average Bonchev–Trinajstić information content (AvgIpc) is 3.03. The zero-order valence-electron chi connectivity index (χ0n) is 15.0. The fraction of sp³-hybridized carbons (Fsp3) is 0.588. The summed E-state index contributed by atoms with van der Waals surface area (Å²) >= 11 is 0. The van der Waals surface area contributed by atoms with E-state index in [9.17, 15) is 4.79 Å². The van der Waals surface area contributed by atoms with Crippen LogP contribution in [0.3, 0.4) is 0 Å². The first kappa shape index (κ1) is 17.2. The molecule has 6 heteroatoms. The Balaban J connectivity index is 2.25. The van der Waals surface area contributed by atoms with E-state index in [4.69, 9.17) is 4.52 Å². The molecule has 23 heavy (non-hydrogen) atoms. The molecule has 0 radical (unpaired) electrons. The van der Waals surface area contributed by atoms with E-state index in [-0.39, 0.29) is 11.4 Å². The molecule has 0 unspecified atom stereocenters. The number of aromatic nitrogens is 3. The van der Waals surface area contributed by atoms with Gasteiger partial charge in [0.05, 0.1) is 12.1 Å². The van der Waals surface area contributed by atoms with Crippen LogP contribution in [0.5, 0.6) is 0 Å². The predicted octanol–water partition coefficient (Wildman–Crippen LogP) is 3.33. The maximum absolute atomic E-state index is 12.7. The fourth-order valence-electron chi connectivity index (χ4n) is 2.45. The van der Waals surface area contributed by atoms with Gasteiger partial charge in [0.1, 0.15) is 11.5 Å². The highest BCUT2D eigenvalue weighted by Gasteiger charge is 2.25. The van der Waals surface area contributed by atoms with Gasteiger partial charge in [-0.05, 0) is 39.7 Å². The topological polar surface area (TPSA) is 64.2 Å². The van der Waals surface area contributed by atoms with E-state index < -0.39 is 0 Å². The van der Waals surface area contributed by atoms with Crippen LogP contribution in [0.25, 0.3) is 0 Å². The van der Waals surface area contributed by atoms with Crippen LogP contribution in [0.2, 0.25) is 0 Å².